The van der Waals surface area contributed by atoms with Crippen molar-refractivity contribution in [3.8, 4) is 23.4 Å². The van der Waals surface area contributed by atoms with Gasteiger partial charge in [-0.1, -0.05) is 18.2 Å². The van der Waals surface area contributed by atoms with Gasteiger partial charge in [0.25, 0.3) is 5.91 Å². The number of pyridine rings is 1. The van der Waals surface area contributed by atoms with Crippen LogP contribution in [0.1, 0.15) is 5.56 Å². The van der Waals surface area contributed by atoms with Crippen molar-refractivity contribution >= 4 is 11.6 Å². The topological polar surface area (TPSA) is 84.2 Å². The molecule has 0 saturated heterocycles. The van der Waals surface area contributed by atoms with E-state index in [9.17, 15) is 4.79 Å². The third kappa shape index (κ3) is 4.82. The Balaban J connectivity index is 1.56. The first kappa shape index (κ1) is 17.0. The number of aromatic nitrogens is 1. The molecule has 0 fully saturated rings. The van der Waals surface area contributed by atoms with Crippen LogP contribution in [-0.4, -0.2) is 17.5 Å². The minimum absolute atomic E-state index is 0.163. The van der Waals surface area contributed by atoms with Gasteiger partial charge in [-0.2, -0.15) is 5.26 Å². The number of nitriles is 1. The van der Waals surface area contributed by atoms with Gasteiger partial charge in [-0.3, -0.25) is 4.79 Å². The number of amides is 1. The molecule has 1 N–H and O–H groups in total. The number of carbonyl (C=O) groups is 1. The number of anilines is 1. The summed E-state index contributed by atoms with van der Waals surface area (Å²) in [7, 11) is 0. The predicted octanol–water partition coefficient (Wildman–Crippen LogP) is 3.76. The number of hydrogen-bond donors (Lipinski definition) is 1. The normalized spacial score (nSPS) is 9.81. The fourth-order valence-corrected chi connectivity index (χ4v) is 2.17. The molecule has 0 aliphatic heterocycles. The summed E-state index contributed by atoms with van der Waals surface area (Å²) >= 11 is 0. The fraction of sp³-hybridized carbons (Fsp3) is 0.0500. The van der Waals surface area contributed by atoms with E-state index in [1.165, 1.54) is 0 Å². The molecule has 6 nitrogen and oxygen atoms in total. The molecule has 1 aromatic heterocycles. The monoisotopic (exact) mass is 345 g/mol. The molecule has 0 atom stereocenters. The van der Waals surface area contributed by atoms with Crippen molar-refractivity contribution in [2.24, 2.45) is 0 Å². The highest BCUT2D eigenvalue weighted by atomic mass is 16.5. The summed E-state index contributed by atoms with van der Waals surface area (Å²) in [4.78, 5) is 16.1. The first-order valence-corrected chi connectivity index (χ1v) is 7.85. The van der Waals surface area contributed by atoms with Gasteiger partial charge in [0.1, 0.15) is 11.5 Å². The van der Waals surface area contributed by atoms with Crippen LogP contribution < -0.4 is 14.8 Å². The number of benzene rings is 2. The van der Waals surface area contributed by atoms with E-state index in [0.717, 1.165) is 0 Å². The van der Waals surface area contributed by atoms with Crippen molar-refractivity contribution < 1.29 is 14.3 Å². The van der Waals surface area contributed by atoms with Gasteiger partial charge in [-0.15, -0.1) is 0 Å². The Morgan fingerprint density at radius 3 is 2.69 bits per heavy atom. The number of nitrogens with zero attached hydrogens (tertiary/aromatic N) is 2. The molecule has 0 aliphatic rings. The van der Waals surface area contributed by atoms with E-state index in [-0.39, 0.29) is 12.5 Å². The number of rotatable bonds is 6. The first-order chi connectivity index (χ1) is 12.7. The van der Waals surface area contributed by atoms with Crippen LogP contribution in [0.25, 0.3) is 0 Å². The summed E-state index contributed by atoms with van der Waals surface area (Å²) in [6.07, 6.45) is 1.64. The van der Waals surface area contributed by atoms with Crippen molar-refractivity contribution in [1.82, 2.24) is 4.98 Å². The zero-order valence-electron chi connectivity index (χ0n) is 13.8. The Kier molecular flexibility index (Phi) is 5.43. The van der Waals surface area contributed by atoms with E-state index in [1.54, 1.807) is 66.9 Å². The largest absolute Gasteiger partial charge is 0.484 e. The Bertz CT molecular complexity index is 936. The van der Waals surface area contributed by atoms with Crippen LogP contribution in [0.5, 0.6) is 17.4 Å². The van der Waals surface area contributed by atoms with E-state index < -0.39 is 0 Å². The lowest BCUT2D eigenvalue weighted by Gasteiger charge is -2.09. The lowest BCUT2D eigenvalue weighted by atomic mass is 10.2. The highest BCUT2D eigenvalue weighted by Crippen LogP contribution is 2.23. The van der Waals surface area contributed by atoms with Crippen LogP contribution in [-0.2, 0) is 4.79 Å². The van der Waals surface area contributed by atoms with Crippen LogP contribution >= 0.6 is 0 Å². The third-order valence-electron chi connectivity index (χ3n) is 3.31. The number of carbonyl (C=O) groups excluding carboxylic acids is 1. The van der Waals surface area contributed by atoms with Gasteiger partial charge in [0, 0.05) is 24.0 Å². The van der Waals surface area contributed by atoms with Gasteiger partial charge < -0.3 is 14.8 Å². The molecule has 2 aromatic carbocycles. The van der Waals surface area contributed by atoms with Gasteiger partial charge in [0.2, 0.25) is 5.88 Å². The zero-order chi connectivity index (χ0) is 18.2. The Morgan fingerprint density at radius 2 is 1.88 bits per heavy atom. The van der Waals surface area contributed by atoms with Crippen LogP contribution in [0.15, 0.2) is 72.9 Å². The molecule has 0 aliphatic carbocycles. The van der Waals surface area contributed by atoms with Gasteiger partial charge in [-0.25, -0.2) is 4.98 Å². The van der Waals surface area contributed by atoms with Crippen molar-refractivity contribution in [2.75, 3.05) is 11.9 Å². The minimum atomic E-state index is -0.323. The second-order valence-corrected chi connectivity index (χ2v) is 5.27. The molecule has 1 amide bonds. The van der Waals surface area contributed by atoms with E-state index in [1.807, 2.05) is 12.1 Å². The molecule has 0 bridgehead atoms. The predicted molar refractivity (Wildman–Crippen MR) is 96.0 cm³/mol. The smallest absolute Gasteiger partial charge is 0.262 e. The Labute approximate surface area is 150 Å². The van der Waals surface area contributed by atoms with Gasteiger partial charge in [0.15, 0.2) is 6.61 Å². The maximum absolute atomic E-state index is 12.0. The number of ether oxygens (including phenoxy) is 2. The van der Waals surface area contributed by atoms with Crippen LogP contribution in [0.3, 0.4) is 0 Å². The lowest BCUT2D eigenvalue weighted by molar-refractivity contribution is -0.118. The summed E-state index contributed by atoms with van der Waals surface area (Å²) in [6.45, 7) is -0.163. The zero-order valence-corrected chi connectivity index (χ0v) is 13.8. The van der Waals surface area contributed by atoms with E-state index >= 15 is 0 Å². The maximum atomic E-state index is 12.0. The average molecular weight is 345 g/mol. The van der Waals surface area contributed by atoms with E-state index in [0.29, 0.717) is 28.6 Å². The van der Waals surface area contributed by atoms with Crippen LogP contribution in [0.2, 0.25) is 0 Å². The summed E-state index contributed by atoms with van der Waals surface area (Å²) < 4.78 is 11.1. The highest BCUT2D eigenvalue weighted by molar-refractivity contribution is 5.92. The lowest BCUT2D eigenvalue weighted by Crippen LogP contribution is -2.20. The summed E-state index contributed by atoms with van der Waals surface area (Å²) in [5.41, 5.74) is 1.02. The van der Waals surface area contributed by atoms with Gasteiger partial charge in [0.05, 0.1) is 11.6 Å². The molecule has 0 saturated carbocycles. The van der Waals surface area contributed by atoms with Crippen molar-refractivity contribution in [2.45, 2.75) is 0 Å². The van der Waals surface area contributed by atoms with Crippen LogP contribution in [0, 0.1) is 11.3 Å². The molecule has 128 valence electrons. The average Bonchev–Trinajstić information content (AvgIpc) is 2.68. The summed E-state index contributed by atoms with van der Waals surface area (Å²) in [5.74, 6) is 1.21. The fourth-order valence-electron chi connectivity index (χ4n) is 2.17. The van der Waals surface area contributed by atoms with Crippen molar-refractivity contribution in [3.63, 3.8) is 0 Å². The molecule has 0 spiro atoms. The third-order valence-corrected chi connectivity index (χ3v) is 3.31. The maximum Gasteiger partial charge on any atom is 0.262 e. The molecule has 1 heterocycles. The molecule has 26 heavy (non-hydrogen) atoms. The second kappa shape index (κ2) is 8.31. The molecular weight excluding hydrogens is 330 g/mol. The van der Waals surface area contributed by atoms with Crippen LogP contribution in [0.4, 0.5) is 5.69 Å². The van der Waals surface area contributed by atoms with Gasteiger partial charge >= 0.3 is 0 Å². The Morgan fingerprint density at radius 1 is 1.04 bits per heavy atom. The second-order valence-electron chi connectivity index (χ2n) is 5.27. The first-order valence-electron chi connectivity index (χ1n) is 7.85. The molecule has 0 radical (unpaired) electrons. The molecule has 3 rings (SSSR count). The molecule has 6 heteroatoms. The summed E-state index contributed by atoms with van der Waals surface area (Å²) in [5, 5.41) is 11.6. The minimum Gasteiger partial charge on any atom is -0.484 e. The quantitative estimate of drug-likeness (QED) is 0.735. The van der Waals surface area contributed by atoms with Crippen molar-refractivity contribution in [1.29, 1.82) is 5.26 Å². The highest BCUT2D eigenvalue weighted by Gasteiger charge is 2.06. The molecular formula is C20H15N3O3. The van der Waals surface area contributed by atoms with E-state index in [4.69, 9.17) is 14.7 Å². The van der Waals surface area contributed by atoms with E-state index in [2.05, 4.69) is 10.3 Å². The molecule has 0 unspecified atom stereocenters. The summed E-state index contributed by atoms with van der Waals surface area (Å²) in [6, 6.07) is 21.0. The molecule has 3 aromatic rings. The Hall–Kier alpha value is -3.85. The standard InChI is InChI=1S/C20H15N3O3/c21-13-15-5-3-6-16(11-15)23-19(24)14-25-17-7-4-8-18(12-17)26-20-9-1-2-10-22-20/h1-12H,14H2,(H,23,24). The van der Waals surface area contributed by atoms with Crippen molar-refractivity contribution in [3.05, 3.63) is 78.5 Å². The van der Waals surface area contributed by atoms with Gasteiger partial charge in [-0.05, 0) is 36.4 Å². The number of nitrogens with one attached hydrogen (secondary N) is 1. The SMILES string of the molecule is N#Cc1cccc(NC(=O)COc2cccc(Oc3ccccn3)c2)c1. The number of hydrogen-bond acceptors (Lipinski definition) is 5.